The number of carboxylic acid groups (broad SMARTS) is 1. The lowest BCUT2D eigenvalue weighted by Crippen LogP contribution is -2.19. The monoisotopic (exact) mass is 530 g/mol. The van der Waals surface area contributed by atoms with Gasteiger partial charge in [-0.05, 0) is 42.5 Å². The van der Waals surface area contributed by atoms with Crippen LogP contribution in [-0.2, 0) is 14.9 Å². The normalized spacial score (nSPS) is 14.4. The van der Waals surface area contributed by atoms with Crippen LogP contribution in [0.2, 0.25) is 5.02 Å². The van der Waals surface area contributed by atoms with E-state index in [0.29, 0.717) is 29.0 Å². The molecule has 2 N–H and O–H groups in total. The third-order valence-corrected chi connectivity index (χ3v) is 7.07. The highest BCUT2D eigenvalue weighted by Crippen LogP contribution is 2.48. The summed E-state index contributed by atoms with van der Waals surface area (Å²) in [4.78, 5) is 37.1. The summed E-state index contributed by atoms with van der Waals surface area (Å²) in [5.41, 5.74) is 2.82. The minimum Gasteiger partial charge on any atom is -0.481 e. The van der Waals surface area contributed by atoms with Gasteiger partial charge < -0.3 is 14.4 Å². The fourth-order valence-electron chi connectivity index (χ4n) is 4.34. The molecule has 1 aliphatic carbocycles. The molecule has 0 saturated heterocycles. The Morgan fingerprint density at radius 2 is 1.63 bits per heavy atom. The SMILES string of the molecule is CC(OC(=O)Nc1conc1C(=O)c1ccc(-c2ccc(C3(C(=O)O)CC3)cc2)cc1)c1ccccc1Cl. The second-order valence-electron chi connectivity index (χ2n) is 9.14. The van der Waals surface area contributed by atoms with Crippen LogP contribution in [0.3, 0.4) is 0 Å². The molecule has 5 rings (SSSR count). The van der Waals surface area contributed by atoms with Gasteiger partial charge in [-0.15, -0.1) is 0 Å². The van der Waals surface area contributed by atoms with Crippen LogP contribution in [-0.4, -0.2) is 28.1 Å². The van der Waals surface area contributed by atoms with Crippen molar-refractivity contribution < 1.29 is 28.8 Å². The zero-order chi connectivity index (χ0) is 26.9. The quantitative estimate of drug-likeness (QED) is 0.245. The topological polar surface area (TPSA) is 119 Å². The molecule has 1 unspecified atom stereocenters. The van der Waals surface area contributed by atoms with Crippen LogP contribution in [0.5, 0.6) is 0 Å². The first-order valence-corrected chi connectivity index (χ1v) is 12.3. The standard InChI is InChI=1S/C29H23ClN2O6/c1-17(22-4-2-3-5-23(22)30)38-28(36)31-24-16-37-32-25(24)26(33)20-8-6-18(7-9-20)19-10-12-21(13-11-19)29(14-15-29)27(34)35/h2-13,16-17H,14-15H2,1H3,(H,31,36)(H,34,35). The Bertz CT molecular complexity index is 1510. The number of ketones is 1. The smallest absolute Gasteiger partial charge is 0.412 e. The van der Waals surface area contributed by atoms with E-state index >= 15 is 0 Å². The lowest BCUT2D eigenvalue weighted by Gasteiger charge is -2.15. The van der Waals surface area contributed by atoms with Gasteiger partial charge in [0.1, 0.15) is 18.1 Å². The number of amides is 1. The molecule has 0 radical (unpaired) electrons. The van der Waals surface area contributed by atoms with Crippen LogP contribution in [0.25, 0.3) is 11.1 Å². The summed E-state index contributed by atoms with van der Waals surface area (Å²) in [7, 11) is 0. The van der Waals surface area contributed by atoms with Gasteiger partial charge in [0.25, 0.3) is 0 Å². The van der Waals surface area contributed by atoms with E-state index in [4.69, 9.17) is 20.9 Å². The lowest BCUT2D eigenvalue weighted by atomic mass is 9.93. The van der Waals surface area contributed by atoms with Gasteiger partial charge in [0, 0.05) is 16.1 Å². The minimum atomic E-state index is -0.793. The largest absolute Gasteiger partial charge is 0.481 e. The molecule has 1 saturated carbocycles. The van der Waals surface area contributed by atoms with Crippen LogP contribution >= 0.6 is 11.6 Å². The first-order valence-electron chi connectivity index (χ1n) is 11.9. The number of halogens is 1. The van der Waals surface area contributed by atoms with Crippen molar-refractivity contribution in [1.82, 2.24) is 5.16 Å². The molecule has 0 aliphatic heterocycles. The predicted molar refractivity (Wildman–Crippen MR) is 140 cm³/mol. The zero-order valence-electron chi connectivity index (χ0n) is 20.3. The van der Waals surface area contributed by atoms with Gasteiger partial charge in [0.15, 0.2) is 5.69 Å². The summed E-state index contributed by atoms with van der Waals surface area (Å²) in [6.45, 7) is 1.69. The van der Waals surface area contributed by atoms with Gasteiger partial charge in [-0.25, -0.2) is 4.79 Å². The maximum absolute atomic E-state index is 13.1. The number of nitrogens with one attached hydrogen (secondary N) is 1. The second-order valence-corrected chi connectivity index (χ2v) is 9.55. The van der Waals surface area contributed by atoms with Crippen molar-refractivity contribution in [3.8, 4) is 11.1 Å². The molecular formula is C29H23ClN2O6. The van der Waals surface area contributed by atoms with E-state index in [1.54, 1.807) is 55.5 Å². The van der Waals surface area contributed by atoms with E-state index < -0.39 is 29.4 Å². The molecule has 3 aromatic carbocycles. The number of carbonyl (C=O) groups is 3. The number of aliphatic carboxylic acids is 1. The van der Waals surface area contributed by atoms with Gasteiger partial charge in [-0.3, -0.25) is 14.9 Å². The molecular weight excluding hydrogens is 508 g/mol. The summed E-state index contributed by atoms with van der Waals surface area (Å²) in [5.74, 6) is -1.23. The number of hydrogen-bond donors (Lipinski definition) is 2. The van der Waals surface area contributed by atoms with Crippen LogP contribution in [0, 0.1) is 0 Å². The highest BCUT2D eigenvalue weighted by Gasteiger charge is 2.51. The first-order chi connectivity index (χ1) is 18.3. The van der Waals surface area contributed by atoms with E-state index in [1.165, 1.54) is 0 Å². The number of hydrogen-bond acceptors (Lipinski definition) is 6. The van der Waals surface area contributed by atoms with Gasteiger partial charge in [0.2, 0.25) is 5.78 Å². The second kappa shape index (κ2) is 10.1. The molecule has 1 fully saturated rings. The molecule has 0 spiro atoms. The number of carbonyl (C=O) groups excluding carboxylic acids is 2. The Labute approximate surface area is 223 Å². The summed E-state index contributed by atoms with van der Waals surface area (Å²) in [5, 5.41) is 16.2. The third kappa shape index (κ3) is 4.90. The predicted octanol–water partition coefficient (Wildman–Crippen LogP) is 6.65. The fraction of sp³-hybridized carbons (Fsp3) is 0.172. The average molecular weight is 531 g/mol. The van der Waals surface area contributed by atoms with Crippen molar-refractivity contribution in [3.63, 3.8) is 0 Å². The molecule has 192 valence electrons. The zero-order valence-corrected chi connectivity index (χ0v) is 21.1. The number of ether oxygens (including phenoxy) is 1. The minimum absolute atomic E-state index is 0.0622. The highest BCUT2D eigenvalue weighted by molar-refractivity contribution is 6.31. The Morgan fingerprint density at radius 1 is 1.00 bits per heavy atom. The number of aromatic nitrogens is 1. The molecule has 1 atom stereocenters. The summed E-state index contributed by atoms with van der Waals surface area (Å²) in [6, 6.07) is 21.4. The summed E-state index contributed by atoms with van der Waals surface area (Å²) < 4.78 is 10.3. The molecule has 1 aliphatic rings. The van der Waals surface area contributed by atoms with E-state index in [0.717, 1.165) is 23.0 Å². The van der Waals surface area contributed by atoms with Crippen LogP contribution in [0.15, 0.2) is 83.6 Å². The number of rotatable bonds is 8. The van der Waals surface area contributed by atoms with Crippen molar-refractivity contribution in [2.45, 2.75) is 31.3 Å². The summed E-state index contributed by atoms with van der Waals surface area (Å²) >= 11 is 6.17. The van der Waals surface area contributed by atoms with Crippen LogP contribution in [0.1, 0.15) is 53.0 Å². The van der Waals surface area contributed by atoms with E-state index in [2.05, 4.69) is 10.5 Å². The molecule has 9 heteroatoms. The van der Waals surface area contributed by atoms with E-state index in [9.17, 15) is 19.5 Å². The van der Waals surface area contributed by atoms with Crippen LogP contribution in [0.4, 0.5) is 10.5 Å². The Hall–Kier alpha value is -4.43. The maximum Gasteiger partial charge on any atom is 0.412 e. The molecule has 1 amide bonds. The Balaban J connectivity index is 1.26. The van der Waals surface area contributed by atoms with Gasteiger partial charge in [0.05, 0.1) is 5.41 Å². The van der Waals surface area contributed by atoms with Gasteiger partial charge in [-0.2, -0.15) is 0 Å². The van der Waals surface area contributed by atoms with Crippen molar-refractivity contribution in [2.75, 3.05) is 5.32 Å². The first kappa shape index (κ1) is 25.2. The molecule has 1 aromatic heterocycles. The fourth-order valence-corrected chi connectivity index (χ4v) is 4.63. The number of benzene rings is 3. The number of carboxylic acids is 1. The molecule has 8 nitrogen and oxygen atoms in total. The average Bonchev–Trinajstić information content (AvgIpc) is 3.62. The van der Waals surface area contributed by atoms with Gasteiger partial charge >= 0.3 is 12.1 Å². The van der Waals surface area contributed by atoms with Crippen molar-refractivity contribution >= 4 is 35.1 Å². The van der Waals surface area contributed by atoms with E-state index in [-0.39, 0.29) is 11.4 Å². The van der Waals surface area contributed by atoms with Crippen molar-refractivity contribution in [1.29, 1.82) is 0 Å². The van der Waals surface area contributed by atoms with Crippen molar-refractivity contribution in [2.24, 2.45) is 0 Å². The Kier molecular flexibility index (Phi) is 6.73. The number of nitrogens with zero attached hydrogens (tertiary/aromatic N) is 1. The highest BCUT2D eigenvalue weighted by atomic mass is 35.5. The molecule has 38 heavy (non-hydrogen) atoms. The lowest BCUT2D eigenvalue weighted by molar-refractivity contribution is -0.140. The van der Waals surface area contributed by atoms with Crippen molar-refractivity contribution in [3.05, 3.63) is 106 Å². The maximum atomic E-state index is 13.1. The molecule has 1 heterocycles. The Morgan fingerprint density at radius 3 is 2.24 bits per heavy atom. The van der Waals surface area contributed by atoms with E-state index in [1.807, 2.05) is 24.3 Å². The van der Waals surface area contributed by atoms with Gasteiger partial charge in [-0.1, -0.05) is 83.5 Å². The number of anilines is 1. The molecule has 0 bridgehead atoms. The van der Waals surface area contributed by atoms with Crippen LogP contribution < -0.4 is 5.32 Å². The molecule has 4 aromatic rings. The third-order valence-electron chi connectivity index (χ3n) is 6.73. The summed E-state index contributed by atoms with van der Waals surface area (Å²) in [6.07, 6.45) is 1.05.